The Morgan fingerprint density at radius 2 is 0.500 bits per heavy atom. The summed E-state index contributed by atoms with van der Waals surface area (Å²) in [7, 11) is -10.1. The van der Waals surface area contributed by atoms with Gasteiger partial charge in [0.2, 0.25) is 0 Å². The molecule has 0 saturated carbocycles. The van der Waals surface area contributed by atoms with Crippen LogP contribution >= 0.6 is 24.8 Å². The molecule has 0 aliphatic rings. The van der Waals surface area contributed by atoms with Gasteiger partial charge in [-0.1, -0.05) is 13.7 Å². The van der Waals surface area contributed by atoms with Crippen LogP contribution in [0.3, 0.4) is 0 Å². The predicted octanol–water partition coefficient (Wildman–Crippen LogP) is -4.91. The molecule has 0 N–H and O–H groups in total. The Morgan fingerprint density at radius 3 is 0.500 bits per heavy atom. The predicted molar refractivity (Wildman–Crippen MR) is 22.8 cm³/mol. The van der Waals surface area contributed by atoms with E-state index in [1.807, 2.05) is 0 Å². The first-order chi connectivity index (χ1) is 5.20. The third kappa shape index (κ3) is 897. The van der Waals surface area contributed by atoms with E-state index in [0.29, 0.717) is 0 Å². The Morgan fingerprint density at radius 1 is 0.500 bits per heavy atom. The minimum absolute atomic E-state index is 0. The standard InChI is InChI=1S/2Au.3HO3P/c;;3*1-4(2)3/h;;3*(H,1,2,3)/q2*+3;;;/p-3. The van der Waals surface area contributed by atoms with Gasteiger partial charge in [0.1, 0.15) is 0 Å². The van der Waals surface area contributed by atoms with Crippen LogP contribution in [0.25, 0.3) is 0 Å². The van der Waals surface area contributed by atoms with Crippen molar-refractivity contribution in [3.05, 3.63) is 0 Å². The molecule has 0 spiro atoms. The third-order valence-electron chi connectivity index (χ3n) is 0. The molecule has 0 aromatic heterocycles. The van der Waals surface area contributed by atoms with Gasteiger partial charge in [0, 0.05) is 0 Å². The van der Waals surface area contributed by atoms with E-state index in [2.05, 4.69) is 0 Å². The van der Waals surface area contributed by atoms with Gasteiger partial charge >= 0.3 is 44.8 Å². The average Bonchev–Trinajstić information content (AvgIpc) is 1.54. The van der Waals surface area contributed by atoms with E-state index < -0.39 is 24.8 Å². The van der Waals surface area contributed by atoms with Crippen molar-refractivity contribution >= 4 is 24.8 Å². The fourth-order valence-corrected chi connectivity index (χ4v) is 0. The van der Waals surface area contributed by atoms with Gasteiger partial charge in [0.25, 0.3) is 24.8 Å². The Kier molecular flexibility index (Phi) is 50.7. The van der Waals surface area contributed by atoms with Crippen LogP contribution in [0.1, 0.15) is 0 Å². The molecule has 0 aromatic carbocycles. The van der Waals surface area contributed by atoms with Gasteiger partial charge in [-0.2, -0.15) is 0 Å². The summed E-state index contributed by atoms with van der Waals surface area (Å²) in [5, 5.41) is 0. The molecule has 14 heteroatoms. The maximum absolute atomic E-state index is 8.48. The molecule has 0 unspecified atom stereocenters. The van der Waals surface area contributed by atoms with Gasteiger partial charge < -0.3 is 29.4 Å². The summed E-state index contributed by atoms with van der Waals surface area (Å²) in [6.07, 6.45) is 0. The molecule has 0 rings (SSSR count). The first-order valence-corrected chi connectivity index (χ1v) is 4.93. The first-order valence-electron chi connectivity index (χ1n) is 1.64. The summed E-state index contributed by atoms with van der Waals surface area (Å²) in [6.45, 7) is 0. The average molecular weight is 631 g/mol. The third-order valence-corrected chi connectivity index (χ3v) is 0. The van der Waals surface area contributed by atoms with E-state index in [-0.39, 0.29) is 44.8 Å². The molecule has 0 radical (unpaired) electrons. The second-order valence-electron chi connectivity index (χ2n) is 0.671. The van der Waals surface area contributed by atoms with Crippen molar-refractivity contribution in [2.45, 2.75) is 0 Å². The number of rotatable bonds is 0. The minimum atomic E-state index is -3.37. The van der Waals surface area contributed by atoms with Gasteiger partial charge in [-0.25, -0.2) is 0 Å². The van der Waals surface area contributed by atoms with E-state index in [1.165, 1.54) is 0 Å². The summed E-state index contributed by atoms with van der Waals surface area (Å²) < 4.78 is 25.4. The fourth-order valence-electron chi connectivity index (χ4n) is 0. The van der Waals surface area contributed by atoms with Crippen LogP contribution in [0, 0.1) is 0 Å². The zero-order valence-electron chi connectivity index (χ0n) is 5.62. The SMILES string of the molecule is O=[P+]([O-])[O-].O=[P+]([O-])[O-].O=[P+]([O-])[O-].[Au+3].[Au+3]. The zero-order chi connectivity index (χ0) is 10.7. The molecule has 0 amide bonds. The van der Waals surface area contributed by atoms with E-state index in [0.717, 1.165) is 0 Å². The monoisotopic (exact) mass is 631 g/mol. The van der Waals surface area contributed by atoms with Gasteiger partial charge in [0.05, 0.1) is 0 Å². The van der Waals surface area contributed by atoms with Gasteiger partial charge in [-0.05, 0) is 0 Å². The maximum atomic E-state index is 8.48. The van der Waals surface area contributed by atoms with Crippen molar-refractivity contribution in [3.8, 4) is 0 Å². The van der Waals surface area contributed by atoms with Crippen LogP contribution in [0.5, 0.6) is 0 Å². The summed E-state index contributed by atoms with van der Waals surface area (Å²) in [4.78, 5) is 50.9. The van der Waals surface area contributed by atoms with Gasteiger partial charge in [-0.15, -0.1) is 0 Å². The first kappa shape index (κ1) is 29.6. The van der Waals surface area contributed by atoms with Crippen molar-refractivity contribution in [2.75, 3.05) is 0 Å². The van der Waals surface area contributed by atoms with Crippen LogP contribution in [0.2, 0.25) is 0 Å². The Hall–Kier alpha value is 1.54. The van der Waals surface area contributed by atoms with Crippen LogP contribution in [-0.2, 0) is 58.5 Å². The molecule has 0 aromatic rings. The molecule has 0 fully saturated rings. The fraction of sp³-hybridized carbons (Fsp3) is 0. The van der Waals surface area contributed by atoms with Crippen LogP contribution < -0.4 is 29.4 Å². The molecular formula is Au2O9P3+3. The molecule has 0 saturated heterocycles. The second kappa shape index (κ2) is 24.0. The van der Waals surface area contributed by atoms with E-state index in [4.69, 9.17) is 43.1 Å². The zero-order valence-corrected chi connectivity index (χ0v) is 12.6. The van der Waals surface area contributed by atoms with Crippen LogP contribution in [-0.4, -0.2) is 0 Å². The van der Waals surface area contributed by atoms with E-state index >= 15 is 0 Å². The molecule has 0 bridgehead atoms. The Balaban J connectivity index is -0.0000000270. The normalized spacial score (nSPS) is 5.57. The quantitative estimate of drug-likeness (QED) is 0.187. The molecule has 0 aliphatic heterocycles. The number of hydrogen-bond acceptors (Lipinski definition) is 9. The van der Waals surface area contributed by atoms with Crippen LogP contribution in [0.4, 0.5) is 0 Å². The summed E-state index contributed by atoms with van der Waals surface area (Å²) in [5.74, 6) is 0. The van der Waals surface area contributed by atoms with Gasteiger partial charge in [-0.3, -0.25) is 0 Å². The van der Waals surface area contributed by atoms with Crippen molar-refractivity contribution in [3.63, 3.8) is 0 Å². The Labute approximate surface area is 112 Å². The molecule has 88 valence electrons. The van der Waals surface area contributed by atoms with Crippen molar-refractivity contribution in [1.82, 2.24) is 0 Å². The molecule has 0 heterocycles. The Bertz CT molecular complexity index is 116. The summed E-state index contributed by atoms with van der Waals surface area (Å²) in [5.41, 5.74) is 0. The van der Waals surface area contributed by atoms with Crippen molar-refractivity contribution in [1.29, 1.82) is 0 Å². The minimum Gasteiger partial charge on any atom is -0.598 e. The molecule has 14 heavy (non-hydrogen) atoms. The smallest absolute Gasteiger partial charge is 0.598 e. The van der Waals surface area contributed by atoms with Crippen LogP contribution in [0.15, 0.2) is 0 Å². The largest absolute Gasteiger partial charge is 3.00 e. The number of hydrogen-bond donors (Lipinski definition) is 0. The molecule has 9 nitrogen and oxygen atoms in total. The van der Waals surface area contributed by atoms with E-state index in [9.17, 15) is 0 Å². The molecular weight excluding hydrogens is 631 g/mol. The summed E-state index contributed by atoms with van der Waals surface area (Å²) >= 11 is 0. The van der Waals surface area contributed by atoms with Gasteiger partial charge in [0.15, 0.2) is 0 Å². The van der Waals surface area contributed by atoms with Crippen molar-refractivity contribution < 1.29 is 87.8 Å². The van der Waals surface area contributed by atoms with E-state index in [1.54, 1.807) is 0 Å². The second-order valence-corrected chi connectivity index (χ2v) is 2.01. The summed E-state index contributed by atoms with van der Waals surface area (Å²) in [6, 6.07) is 0. The molecule has 0 atom stereocenters. The topological polar surface area (TPSA) is 190 Å². The maximum Gasteiger partial charge on any atom is 3.00 e. The molecule has 0 aliphatic carbocycles. The van der Waals surface area contributed by atoms with Crippen molar-refractivity contribution in [2.24, 2.45) is 0 Å².